The number of thioether (sulfide) groups is 1. The molecule has 3 rings (SSSR count). The SMILES string of the molecule is Cc1cc(=O)[nH]c(C(C)Sc2n[nH]c(-c3cccs3)n2)n1. The van der Waals surface area contributed by atoms with E-state index in [2.05, 4.69) is 25.1 Å². The van der Waals surface area contributed by atoms with E-state index in [4.69, 9.17) is 0 Å². The summed E-state index contributed by atoms with van der Waals surface area (Å²) in [6, 6.07) is 5.44. The average Bonchev–Trinajstić information content (AvgIpc) is 3.07. The molecular formula is C13H13N5OS2. The average molecular weight is 319 g/mol. The van der Waals surface area contributed by atoms with Crippen molar-refractivity contribution in [2.45, 2.75) is 24.3 Å². The number of aromatic nitrogens is 5. The number of nitrogens with one attached hydrogen (secondary N) is 2. The second-order valence-corrected chi connectivity index (χ2v) is 6.73. The van der Waals surface area contributed by atoms with Crippen LogP contribution >= 0.6 is 23.1 Å². The summed E-state index contributed by atoms with van der Waals surface area (Å²) in [5.74, 6) is 1.39. The smallest absolute Gasteiger partial charge is 0.251 e. The molecule has 108 valence electrons. The maximum Gasteiger partial charge on any atom is 0.251 e. The van der Waals surface area contributed by atoms with Crippen LogP contribution in [0.1, 0.15) is 23.7 Å². The number of nitrogens with zero attached hydrogens (tertiary/aromatic N) is 3. The molecule has 2 N–H and O–H groups in total. The van der Waals surface area contributed by atoms with Crippen LogP contribution in [0, 0.1) is 6.92 Å². The first-order valence-corrected chi connectivity index (χ1v) is 8.08. The van der Waals surface area contributed by atoms with Crippen molar-refractivity contribution in [2.24, 2.45) is 0 Å². The van der Waals surface area contributed by atoms with E-state index < -0.39 is 0 Å². The minimum absolute atomic E-state index is 0.0374. The highest BCUT2D eigenvalue weighted by Crippen LogP contribution is 2.31. The molecule has 0 fully saturated rings. The third-order valence-electron chi connectivity index (χ3n) is 2.77. The monoisotopic (exact) mass is 319 g/mol. The second-order valence-electron chi connectivity index (χ2n) is 4.48. The van der Waals surface area contributed by atoms with E-state index in [-0.39, 0.29) is 10.8 Å². The van der Waals surface area contributed by atoms with Crippen molar-refractivity contribution in [3.63, 3.8) is 0 Å². The van der Waals surface area contributed by atoms with Crippen LogP contribution in [0.3, 0.4) is 0 Å². The fraction of sp³-hybridized carbons (Fsp3) is 0.231. The van der Waals surface area contributed by atoms with Crippen LogP contribution in [0.4, 0.5) is 0 Å². The first kappa shape index (κ1) is 14.0. The minimum Gasteiger partial charge on any atom is -0.310 e. The van der Waals surface area contributed by atoms with Crippen molar-refractivity contribution >= 4 is 23.1 Å². The molecule has 1 atom stereocenters. The third-order valence-corrected chi connectivity index (χ3v) is 4.62. The van der Waals surface area contributed by atoms with Gasteiger partial charge in [0.2, 0.25) is 5.16 Å². The highest BCUT2D eigenvalue weighted by Gasteiger charge is 2.15. The van der Waals surface area contributed by atoms with Crippen molar-refractivity contribution in [2.75, 3.05) is 0 Å². The summed E-state index contributed by atoms with van der Waals surface area (Å²) in [5, 5.41) is 9.71. The topological polar surface area (TPSA) is 87.3 Å². The number of rotatable bonds is 4. The Hall–Kier alpha value is -1.93. The second kappa shape index (κ2) is 5.82. The molecule has 0 aliphatic carbocycles. The molecule has 3 aromatic rings. The molecule has 0 saturated heterocycles. The van der Waals surface area contributed by atoms with E-state index in [0.29, 0.717) is 16.7 Å². The fourth-order valence-electron chi connectivity index (χ4n) is 1.83. The molecule has 0 aliphatic rings. The summed E-state index contributed by atoms with van der Waals surface area (Å²) >= 11 is 3.06. The quantitative estimate of drug-likeness (QED) is 0.722. The lowest BCUT2D eigenvalue weighted by Crippen LogP contribution is -2.12. The first-order valence-electron chi connectivity index (χ1n) is 6.32. The zero-order valence-corrected chi connectivity index (χ0v) is 13.1. The van der Waals surface area contributed by atoms with Gasteiger partial charge in [0.15, 0.2) is 5.82 Å². The Bertz CT molecular complexity index is 793. The molecule has 6 nitrogen and oxygen atoms in total. The molecule has 0 saturated carbocycles. The van der Waals surface area contributed by atoms with E-state index >= 15 is 0 Å². The van der Waals surface area contributed by atoms with E-state index in [1.54, 1.807) is 18.3 Å². The molecule has 0 bridgehead atoms. The zero-order valence-electron chi connectivity index (χ0n) is 11.5. The Labute approximate surface area is 129 Å². The Morgan fingerprint density at radius 3 is 2.95 bits per heavy atom. The van der Waals surface area contributed by atoms with E-state index in [1.165, 1.54) is 17.8 Å². The van der Waals surface area contributed by atoms with Gasteiger partial charge in [0.1, 0.15) is 5.82 Å². The van der Waals surface area contributed by atoms with Gasteiger partial charge in [-0.25, -0.2) is 9.97 Å². The molecule has 1 unspecified atom stereocenters. The fourth-order valence-corrected chi connectivity index (χ4v) is 3.28. The summed E-state index contributed by atoms with van der Waals surface area (Å²) in [6.45, 7) is 3.77. The molecule has 21 heavy (non-hydrogen) atoms. The van der Waals surface area contributed by atoms with Gasteiger partial charge in [-0.1, -0.05) is 17.8 Å². The highest BCUT2D eigenvalue weighted by atomic mass is 32.2. The Balaban J connectivity index is 1.78. The Morgan fingerprint density at radius 2 is 2.24 bits per heavy atom. The lowest BCUT2D eigenvalue weighted by atomic mass is 10.4. The van der Waals surface area contributed by atoms with Crippen LogP contribution < -0.4 is 5.56 Å². The van der Waals surface area contributed by atoms with Crippen molar-refractivity contribution in [3.05, 3.63) is 45.5 Å². The number of hydrogen-bond donors (Lipinski definition) is 2. The van der Waals surface area contributed by atoms with Crippen LogP contribution in [-0.2, 0) is 0 Å². The van der Waals surface area contributed by atoms with Crippen LogP contribution in [0.15, 0.2) is 33.5 Å². The van der Waals surface area contributed by atoms with Crippen molar-refractivity contribution < 1.29 is 0 Å². The molecule has 0 amide bonds. The third kappa shape index (κ3) is 3.22. The lowest BCUT2D eigenvalue weighted by molar-refractivity contribution is 0.872. The van der Waals surface area contributed by atoms with Gasteiger partial charge >= 0.3 is 0 Å². The predicted octanol–water partition coefficient (Wildman–Crippen LogP) is 2.78. The lowest BCUT2D eigenvalue weighted by Gasteiger charge is -2.07. The Morgan fingerprint density at radius 1 is 1.38 bits per heavy atom. The van der Waals surface area contributed by atoms with Gasteiger partial charge in [0.25, 0.3) is 5.56 Å². The van der Waals surface area contributed by atoms with Gasteiger partial charge in [0.05, 0.1) is 10.1 Å². The van der Waals surface area contributed by atoms with Crippen molar-refractivity contribution in [1.29, 1.82) is 0 Å². The maximum atomic E-state index is 11.5. The molecule has 0 aromatic carbocycles. The van der Waals surface area contributed by atoms with E-state index in [9.17, 15) is 4.79 Å². The van der Waals surface area contributed by atoms with Crippen LogP contribution in [0.5, 0.6) is 0 Å². The summed E-state index contributed by atoms with van der Waals surface area (Å²) in [6.07, 6.45) is 0. The molecule has 3 heterocycles. The summed E-state index contributed by atoms with van der Waals surface area (Å²) < 4.78 is 0. The number of hydrogen-bond acceptors (Lipinski definition) is 6. The van der Waals surface area contributed by atoms with Crippen LogP contribution in [0.25, 0.3) is 10.7 Å². The number of H-pyrrole nitrogens is 2. The molecule has 0 aliphatic heterocycles. The molecule has 0 spiro atoms. The van der Waals surface area contributed by atoms with Crippen LogP contribution in [0.2, 0.25) is 0 Å². The van der Waals surface area contributed by atoms with Gasteiger partial charge in [-0.3, -0.25) is 9.89 Å². The molecule has 3 aromatic heterocycles. The summed E-state index contributed by atoms with van der Waals surface area (Å²) in [4.78, 5) is 24.1. The van der Waals surface area contributed by atoms with Gasteiger partial charge in [-0.05, 0) is 25.3 Å². The number of aryl methyl sites for hydroxylation is 1. The van der Waals surface area contributed by atoms with E-state index in [0.717, 1.165) is 10.7 Å². The van der Waals surface area contributed by atoms with E-state index in [1.807, 2.05) is 24.4 Å². The van der Waals surface area contributed by atoms with Gasteiger partial charge in [-0.15, -0.1) is 16.4 Å². The number of aromatic amines is 2. The highest BCUT2D eigenvalue weighted by molar-refractivity contribution is 7.99. The van der Waals surface area contributed by atoms with Crippen LogP contribution in [-0.4, -0.2) is 25.1 Å². The van der Waals surface area contributed by atoms with Gasteiger partial charge in [0, 0.05) is 11.8 Å². The summed E-state index contributed by atoms with van der Waals surface area (Å²) in [5.41, 5.74) is 0.565. The van der Waals surface area contributed by atoms with Crippen molar-refractivity contribution in [3.8, 4) is 10.7 Å². The molecule has 0 radical (unpaired) electrons. The maximum absolute atomic E-state index is 11.5. The summed E-state index contributed by atoms with van der Waals surface area (Å²) in [7, 11) is 0. The zero-order chi connectivity index (χ0) is 14.8. The predicted molar refractivity (Wildman–Crippen MR) is 83.6 cm³/mol. The largest absolute Gasteiger partial charge is 0.310 e. The van der Waals surface area contributed by atoms with Gasteiger partial charge < -0.3 is 4.98 Å². The van der Waals surface area contributed by atoms with Crippen molar-refractivity contribution in [1.82, 2.24) is 25.1 Å². The minimum atomic E-state index is -0.140. The first-order chi connectivity index (χ1) is 10.1. The normalized spacial score (nSPS) is 12.5. The Kier molecular flexibility index (Phi) is 3.89. The molecule has 8 heteroatoms. The van der Waals surface area contributed by atoms with Gasteiger partial charge in [-0.2, -0.15) is 0 Å². The standard InChI is InChI=1S/C13H13N5OS2/c1-7-6-10(19)15-11(14-7)8(2)21-13-16-12(17-18-13)9-4-3-5-20-9/h3-6,8H,1-2H3,(H,14,15,19)(H,16,17,18). The molecular weight excluding hydrogens is 306 g/mol. The number of thiophene rings is 1.